The summed E-state index contributed by atoms with van der Waals surface area (Å²) in [6.45, 7) is 0. The van der Waals surface area contributed by atoms with E-state index in [1.807, 2.05) is 0 Å². The van der Waals surface area contributed by atoms with Gasteiger partial charge in [0.05, 0.1) is 0 Å². The highest BCUT2D eigenvalue weighted by Crippen LogP contribution is 2.33. The average molecular weight is 269 g/mol. The maximum Gasteiger partial charge on any atom is 0.373 e. The Morgan fingerprint density at radius 2 is 2.21 bits per heavy atom. The summed E-state index contributed by atoms with van der Waals surface area (Å²) in [5.74, 6) is -1.53. The molecule has 0 amide bonds. The van der Waals surface area contributed by atoms with Crippen LogP contribution in [-0.4, -0.2) is 15.0 Å². The summed E-state index contributed by atoms with van der Waals surface area (Å²) in [6.07, 6.45) is -3.05. The molecule has 0 fully saturated rings. The van der Waals surface area contributed by atoms with Crippen molar-refractivity contribution in [2.24, 2.45) is 0 Å². The number of aromatic nitrogens is 1. The Labute approximate surface area is 84.7 Å². The normalized spacial score (nSPS) is 10.6. The third-order valence-corrected chi connectivity index (χ3v) is 1.96. The maximum atomic E-state index is 12.2. The van der Waals surface area contributed by atoms with Crippen molar-refractivity contribution < 1.29 is 18.8 Å². The minimum absolute atomic E-state index is 0.242. The van der Waals surface area contributed by atoms with Crippen molar-refractivity contribution in [3.05, 3.63) is 26.3 Å². The molecule has 0 spiro atoms. The molecule has 1 heterocycles. The molecule has 0 atom stereocenters. The zero-order valence-electron chi connectivity index (χ0n) is 6.45. The molecule has 1 N–H and O–H groups in total. The van der Waals surface area contributed by atoms with Gasteiger partial charge in [-0.25, -0.2) is 8.78 Å². The van der Waals surface area contributed by atoms with E-state index in [2.05, 4.69) is 20.9 Å². The number of halogens is 3. The van der Waals surface area contributed by atoms with Crippen LogP contribution in [0.5, 0.6) is 5.75 Å². The Morgan fingerprint density at radius 3 is 2.64 bits per heavy atom. The molecule has 0 radical (unpaired) electrons. The molecule has 76 valence electrons. The minimum Gasteiger partial charge on any atom is -0.503 e. The van der Waals surface area contributed by atoms with Gasteiger partial charge in [-0.1, -0.05) is 0 Å². The lowest BCUT2D eigenvalue weighted by molar-refractivity contribution is -0.391. The molecule has 0 aliphatic carbocycles. The monoisotopic (exact) mass is 268 g/mol. The van der Waals surface area contributed by atoms with Crippen molar-refractivity contribution in [2.75, 3.05) is 0 Å². The summed E-state index contributed by atoms with van der Waals surface area (Å²) in [4.78, 5) is 12.4. The van der Waals surface area contributed by atoms with Gasteiger partial charge in [0.25, 0.3) is 11.0 Å². The van der Waals surface area contributed by atoms with Crippen LogP contribution in [0, 0.1) is 10.1 Å². The van der Waals surface area contributed by atoms with Gasteiger partial charge in [0.15, 0.2) is 5.75 Å². The molecule has 1 aromatic rings. The quantitative estimate of drug-likeness (QED) is 0.508. The number of alkyl halides is 2. The molecular weight excluding hydrogens is 266 g/mol. The van der Waals surface area contributed by atoms with E-state index < -0.39 is 28.5 Å². The molecule has 1 aromatic heterocycles. The first-order valence-corrected chi connectivity index (χ1v) is 4.04. The van der Waals surface area contributed by atoms with Gasteiger partial charge in [-0.2, -0.15) is 0 Å². The van der Waals surface area contributed by atoms with Crippen LogP contribution in [0.3, 0.4) is 0 Å². The van der Waals surface area contributed by atoms with Crippen molar-refractivity contribution in [2.45, 2.75) is 6.43 Å². The van der Waals surface area contributed by atoms with Crippen LogP contribution in [0.2, 0.25) is 0 Å². The fraction of sp³-hybridized carbons (Fsp3) is 0.167. The summed E-state index contributed by atoms with van der Waals surface area (Å²) >= 11 is 2.69. The van der Waals surface area contributed by atoms with Crippen LogP contribution in [0.1, 0.15) is 12.0 Å². The molecule has 5 nitrogen and oxygen atoms in total. The number of nitro groups is 1. The first kappa shape index (κ1) is 10.8. The van der Waals surface area contributed by atoms with Crippen LogP contribution in [0.15, 0.2) is 10.7 Å². The van der Waals surface area contributed by atoms with Gasteiger partial charge < -0.3 is 15.2 Å². The molecule has 0 saturated carbocycles. The standard InChI is InChI=1S/C6H3BrF2N2O3/c7-4-3(12)1-2(5(8)9)6(10-4)11(13)14/h1,5,12H. The van der Waals surface area contributed by atoms with Crippen LogP contribution in [0.25, 0.3) is 0 Å². The number of rotatable bonds is 2. The summed E-state index contributed by atoms with van der Waals surface area (Å²) in [5, 5.41) is 19.3. The highest BCUT2D eigenvalue weighted by atomic mass is 79.9. The van der Waals surface area contributed by atoms with Gasteiger partial charge in [-0.3, -0.25) is 0 Å². The van der Waals surface area contributed by atoms with Crippen LogP contribution in [0.4, 0.5) is 14.6 Å². The zero-order chi connectivity index (χ0) is 10.9. The largest absolute Gasteiger partial charge is 0.503 e. The van der Waals surface area contributed by atoms with Crippen LogP contribution in [-0.2, 0) is 0 Å². The molecule has 0 aromatic carbocycles. The molecule has 8 heteroatoms. The van der Waals surface area contributed by atoms with E-state index in [1.54, 1.807) is 0 Å². The molecule has 0 saturated heterocycles. The maximum absolute atomic E-state index is 12.2. The summed E-state index contributed by atoms with van der Waals surface area (Å²) in [7, 11) is 0. The highest BCUT2D eigenvalue weighted by Gasteiger charge is 2.26. The van der Waals surface area contributed by atoms with E-state index in [0.29, 0.717) is 6.07 Å². The number of nitrogens with zero attached hydrogens (tertiary/aromatic N) is 2. The highest BCUT2D eigenvalue weighted by molar-refractivity contribution is 9.10. The second kappa shape index (κ2) is 3.82. The molecule has 0 aliphatic heterocycles. The smallest absolute Gasteiger partial charge is 0.373 e. The van der Waals surface area contributed by atoms with Crippen molar-refractivity contribution in [1.82, 2.24) is 4.98 Å². The number of aromatic hydroxyl groups is 1. The van der Waals surface area contributed by atoms with E-state index in [4.69, 9.17) is 5.11 Å². The van der Waals surface area contributed by atoms with E-state index in [9.17, 15) is 18.9 Å². The Morgan fingerprint density at radius 1 is 1.64 bits per heavy atom. The van der Waals surface area contributed by atoms with Crippen molar-refractivity contribution in [3.63, 3.8) is 0 Å². The Kier molecular flexibility index (Phi) is 2.94. The average Bonchev–Trinajstić information content (AvgIpc) is 2.08. The molecule has 0 unspecified atom stereocenters. The predicted molar refractivity (Wildman–Crippen MR) is 45.2 cm³/mol. The van der Waals surface area contributed by atoms with Gasteiger partial charge in [-0.15, -0.1) is 0 Å². The minimum atomic E-state index is -3.05. The third-order valence-electron chi connectivity index (χ3n) is 1.37. The number of hydrogen-bond donors (Lipinski definition) is 1. The van der Waals surface area contributed by atoms with E-state index in [0.717, 1.165) is 0 Å². The topological polar surface area (TPSA) is 76.3 Å². The number of hydrogen-bond acceptors (Lipinski definition) is 4. The van der Waals surface area contributed by atoms with Crippen molar-refractivity contribution in [1.29, 1.82) is 0 Å². The van der Waals surface area contributed by atoms with Gasteiger partial charge in [0.1, 0.15) is 5.56 Å². The first-order chi connectivity index (χ1) is 6.43. The Balaban J connectivity index is 3.39. The number of pyridine rings is 1. The molecule has 0 bridgehead atoms. The van der Waals surface area contributed by atoms with Crippen LogP contribution < -0.4 is 0 Å². The predicted octanol–water partition coefficient (Wildman–Crippen LogP) is 2.40. The van der Waals surface area contributed by atoms with E-state index in [-0.39, 0.29) is 4.60 Å². The van der Waals surface area contributed by atoms with E-state index in [1.165, 1.54) is 0 Å². The fourth-order valence-corrected chi connectivity index (χ4v) is 1.08. The second-order valence-electron chi connectivity index (χ2n) is 2.27. The molecule has 0 aliphatic rings. The fourth-order valence-electron chi connectivity index (χ4n) is 0.793. The first-order valence-electron chi connectivity index (χ1n) is 3.25. The SMILES string of the molecule is O=[N+]([O-])c1nc(Br)c(O)cc1C(F)F. The van der Waals surface area contributed by atoms with E-state index >= 15 is 0 Å². The van der Waals surface area contributed by atoms with Crippen LogP contribution >= 0.6 is 15.9 Å². The van der Waals surface area contributed by atoms with Gasteiger partial charge in [0.2, 0.25) is 0 Å². The van der Waals surface area contributed by atoms with Gasteiger partial charge >= 0.3 is 5.82 Å². The van der Waals surface area contributed by atoms with Gasteiger partial charge in [-0.05, 0) is 9.91 Å². The summed E-state index contributed by atoms with van der Waals surface area (Å²) < 4.78 is 24.2. The Bertz CT molecular complexity index is 386. The lowest BCUT2D eigenvalue weighted by Crippen LogP contribution is -1.99. The van der Waals surface area contributed by atoms with Gasteiger partial charge in [0, 0.05) is 22.0 Å². The molecule has 1 rings (SSSR count). The summed E-state index contributed by atoms with van der Waals surface area (Å²) in [6, 6.07) is 0.611. The lowest BCUT2D eigenvalue weighted by Gasteiger charge is -2.01. The Hall–Kier alpha value is -1.31. The second-order valence-corrected chi connectivity index (χ2v) is 3.02. The third kappa shape index (κ3) is 1.95. The van der Waals surface area contributed by atoms with Crippen molar-refractivity contribution in [3.8, 4) is 5.75 Å². The molecular formula is C6H3BrF2N2O3. The summed E-state index contributed by atoms with van der Waals surface area (Å²) in [5.41, 5.74) is -0.907. The molecule has 14 heavy (non-hydrogen) atoms. The zero-order valence-corrected chi connectivity index (χ0v) is 8.03. The lowest BCUT2D eigenvalue weighted by atomic mass is 10.2. The van der Waals surface area contributed by atoms with Crippen molar-refractivity contribution >= 4 is 21.7 Å².